The number of hydrogen-bond donors (Lipinski definition) is 2. The minimum Gasteiger partial charge on any atom is -0.477 e. The summed E-state index contributed by atoms with van der Waals surface area (Å²) in [6, 6.07) is -1.98. The minimum atomic E-state index is -5.08. The molecule has 3 aliphatic heterocycles. The number of aliphatic carboxylic acids is 1. The van der Waals surface area contributed by atoms with Gasteiger partial charge >= 0.3 is 18.1 Å². The highest BCUT2D eigenvalue weighted by Gasteiger charge is 2.66. The number of thioether (sulfide) groups is 1. The topological polar surface area (TPSA) is 119 Å². The molecule has 0 bridgehead atoms. The number of H-pyrrole nitrogens is 1. The zero-order chi connectivity index (χ0) is 19.5. The number of hydrogen-bond acceptors (Lipinski definition) is 6. The molecule has 2 amide bonds. The van der Waals surface area contributed by atoms with Gasteiger partial charge in [0.25, 0.3) is 5.91 Å². The maximum absolute atomic E-state index is 12.8. The molecular formula is C14H12F3N5O4S. The van der Waals surface area contributed by atoms with Crippen molar-refractivity contribution >= 4 is 29.5 Å². The van der Waals surface area contributed by atoms with Gasteiger partial charge in [0.2, 0.25) is 0 Å². The fourth-order valence-electron chi connectivity index (χ4n) is 3.96. The molecule has 2 saturated heterocycles. The van der Waals surface area contributed by atoms with E-state index in [1.807, 2.05) is 0 Å². The first kappa shape index (κ1) is 17.8. The summed E-state index contributed by atoms with van der Waals surface area (Å²) in [7, 11) is 0. The maximum atomic E-state index is 12.8. The number of carboxylic acid groups (broad SMARTS) is 1. The van der Waals surface area contributed by atoms with Crippen LogP contribution in [-0.4, -0.2) is 78.4 Å². The zero-order valence-electron chi connectivity index (χ0n) is 13.4. The Bertz CT molecular complexity index is 855. The Hall–Kier alpha value is -2.57. The van der Waals surface area contributed by atoms with E-state index in [9.17, 15) is 32.7 Å². The molecule has 0 spiro atoms. The number of amides is 2. The number of alkyl halides is 3. The predicted molar refractivity (Wildman–Crippen MR) is 82.1 cm³/mol. The molecule has 3 atom stereocenters. The monoisotopic (exact) mass is 403 g/mol. The van der Waals surface area contributed by atoms with Crippen LogP contribution in [0, 0.1) is 5.92 Å². The van der Waals surface area contributed by atoms with Gasteiger partial charge in [-0.2, -0.15) is 18.3 Å². The van der Waals surface area contributed by atoms with Crippen molar-refractivity contribution in [2.24, 2.45) is 5.92 Å². The molecule has 2 fully saturated rings. The number of likely N-dealkylation sites (tertiary alicyclic amines) is 1. The van der Waals surface area contributed by atoms with Gasteiger partial charge in [-0.15, -0.1) is 0 Å². The van der Waals surface area contributed by atoms with E-state index in [1.54, 1.807) is 0 Å². The number of aromatic nitrogens is 3. The Labute approximate surface area is 153 Å². The molecule has 1 aromatic rings. The van der Waals surface area contributed by atoms with E-state index in [1.165, 1.54) is 18.1 Å². The van der Waals surface area contributed by atoms with Gasteiger partial charge in [0.1, 0.15) is 18.1 Å². The molecule has 0 unspecified atom stereocenters. The van der Waals surface area contributed by atoms with E-state index in [0.717, 1.165) is 4.90 Å². The number of carboxylic acids is 1. The molecule has 4 rings (SSSR count). The van der Waals surface area contributed by atoms with Crippen LogP contribution in [0.15, 0.2) is 22.8 Å². The third-order valence-corrected chi connectivity index (χ3v) is 5.89. The number of carbonyl (C=O) groups is 3. The van der Waals surface area contributed by atoms with Crippen LogP contribution in [0.3, 0.4) is 0 Å². The minimum absolute atomic E-state index is 0.182. The largest absolute Gasteiger partial charge is 0.477 e. The van der Waals surface area contributed by atoms with Crippen LogP contribution in [0.4, 0.5) is 13.2 Å². The number of nitrogens with one attached hydrogen (secondary N) is 1. The van der Waals surface area contributed by atoms with Crippen molar-refractivity contribution < 1.29 is 32.7 Å². The van der Waals surface area contributed by atoms with Crippen LogP contribution in [0.2, 0.25) is 0 Å². The normalized spacial score (nSPS) is 26.9. The third kappa shape index (κ3) is 2.67. The van der Waals surface area contributed by atoms with Crippen molar-refractivity contribution in [3.63, 3.8) is 0 Å². The highest BCUT2D eigenvalue weighted by atomic mass is 32.2. The van der Waals surface area contributed by atoms with E-state index >= 15 is 0 Å². The molecule has 0 saturated carbocycles. The fraction of sp³-hybridized carbons (Fsp3) is 0.500. The summed E-state index contributed by atoms with van der Waals surface area (Å²) in [5.41, 5.74) is 0.198. The van der Waals surface area contributed by atoms with Crippen LogP contribution in [0.5, 0.6) is 0 Å². The van der Waals surface area contributed by atoms with Gasteiger partial charge in [-0.1, -0.05) is 11.8 Å². The van der Waals surface area contributed by atoms with Crippen molar-refractivity contribution in [1.82, 2.24) is 25.0 Å². The highest BCUT2D eigenvalue weighted by molar-refractivity contribution is 7.99. The Morgan fingerprint density at radius 3 is 2.74 bits per heavy atom. The molecular weight excluding hydrogens is 391 g/mol. The second kappa shape index (κ2) is 5.97. The molecule has 0 aromatic carbocycles. The molecule has 9 nitrogen and oxygen atoms in total. The van der Waals surface area contributed by atoms with Crippen molar-refractivity contribution in [3.05, 3.63) is 17.6 Å². The summed E-state index contributed by atoms with van der Waals surface area (Å²) in [6.07, 6.45) is -3.61. The molecule has 1 aromatic heterocycles. The van der Waals surface area contributed by atoms with Crippen LogP contribution in [0.1, 0.15) is 6.42 Å². The second-order valence-electron chi connectivity index (χ2n) is 6.40. The highest BCUT2D eigenvalue weighted by Crippen LogP contribution is 2.48. The molecule has 27 heavy (non-hydrogen) atoms. The van der Waals surface area contributed by atoms with E-state index in [-0.39, 0.29) is 24.4 Å². The van der Waals surface area contributed by atoms with Crippen molar-refractivity contribution in [3.8, 4) is 0 Å². The lowest BCUT2D eigenvalue weighted by Crippen LogP contribution is -2.70. The average molecular weight is 403 g/mol. The molecule has 2 N–H and O–H groups in total. The molecule has 4 heterocycles. The van der Waals surface area contributed by atoms with Gasteiger partial charge < -0.3 is 10.0 Å². The number of β-lactam (4-membered cyclic amide) rings is 1. The Balaban J connectivity index is 1.61. The SMILES string of the molecule is O=C(O)C1=C(CSc2ncn[nH]2)C[C@@H]2CN(C(=O)C(F)(F)F)[C@@H]3C(=O)N1[C@H]23. The van der Waals surface area contributed by atoms with Gasteiger partial charge in [0.15, 0.2) is 5.16 Å². The van der Waals surface area contributed by atoms with Gasteiger partial charge in [-0.3, -0.25) is 19.6 Å². The lowest BCUT2D eigenvalue weighted by molar-refractivity contribution is -0.190. The lowest BCUT2D eigenvalue weighted by Gasteiger charge is -2.49. The molecule has 13 heteroatoms. The van der Waals surface area contributed by atoms with Gasteiger partial charge in [0.05, 0.1) is 6.04 Å². The number of halogens is 3. The van der Waals surface area contributed by atoms with Crippen molar-refractivity contribution in [1.29, 1.82) is 0 Å². The van der Waals surface area contributed by atoms with Gasteiger partial charge in [0, 0.05) is 18.2 Å². The number of aromatic amines is 1. The quantitative estimate of drug-likeness (QED) is 0.546. The van der Waals surface area contributed by atoms with Crippen molar-refractivity contribution in [2.75, 3.05) is 12.3 Å². The number of nitrogens with zero attached hydrogens (tertiary/aromatic N) is 4. The Morgan fingerprint density at radius 1 is 1.41 bits per heavy atom. The summed E-state index contributed by atoms with van der Waals surface area (Å²) in [5.74, 6) is -4.44. The average Bonchev–Trinajstić information content (AvgIpc) is 3.22. The maximum Gasteiger partial charge on any atom is 0.471 e. The summed E-state index contributed by atoms with van der Waals surface area (Å²) in [6.45, 7) is -0.237. The predicted octanol–water partition coefficient (Wildman–Crippen LogP) is 0.239. The van der Waals surface area contributed by atoms with Crippen LogP contribution >= 0.6 is 11.8 Å². The van der Waals surface area contributed by atoms with E-state index in [0.29, 0.717) is 15.6 Å². The first-order valence-corrected chi connectivity index (χ1v) is 8.83. The number of carbonyl (C=O) groups excluding carboxylic acids is 2. The first-order chi connectivity index (χ1) is 12.7. The van der Waals surface area contributed by atoms with E-state index in [2.05, 4.69) is 15.2 Å². The van der Waals surface area contributed by atoms with Crippen LogP contribution in [-0.2, 0) is 14.4 Å². The zero-order valence-corrected chi connectivity index (χ0v) is 14.3. The van der Waals surface area contributed by atoms with Crippen molar-refractivity contribution in [2.45, 2.75) is 29.8 Å². The summed E-state index contributed by atoms with van der Waals surface area (Å²) in [4.78, 5) is 41.2. The van der Waals surface area contributed by atoms with Crippen LogP contribution < -0.4 is 0 Å². The lowest BCUT2D eigenvalue weighted by atomic mass is 9.79. The van der Waals surface area contributed by atoms with Gasteiger partial charge in [-0.05, 0) is 12.0 Å². The molecule has 0 aliphatic carbocycles. The van der Waals surface area contributed by atoms with Gasteiger partial charge in [-0.25, -0.2) is 9.78 Å². The van der Waals surface area contributed by atoms with Crippen LogP contribution in [0.25, 0.3) is 0 Å². The second-order valence-corrected chi connectivity index (χ2v) is 7.36. The van der Waals surface area contributed by atoms with E-state index < -0.39 is 42.0 Å². The Morgan fingerprint density at radius 2 is 2.15 bits per heavy atom. The van der Waals surface area contributed by atoms with E-state index in [4.69, 9.17) is 0 Å². The molecule has 144 valence electrons. The summed E-state index contributed by atoms with van der Waals surface area (Å²) >= 11 is 1.17. The first-order valence-electron chi connectivity index (χ1n) is 7.84. The Kier molecular flexibility index (Phi) is 3.94. The standard InChI is InChI=1S/C14H12F3N5O4S/c15-14(16,17)12(26)21-2-5-1-6(3-27-13-18-4-19-20-13)8(11(24)25)22-7(5)9(21)10(22)23/h4-5,7,9H,1-3H2,(H,24,25)(H,18,19,20)/t5-,7-,9+/m1/s1. The summed E-state index contributed by atoms with van der Waals surface area (Å²) < 4.78 is 38.4. The molecule has 0 radical (unpaired) electrons. The smallest absolute Gasteiger partial charge is 0.471 e. The third-order valence-electron chi connectivity index (χ3n) is 4.93. The number of rotatable bonds is 4. The fourth-order valence-corrected chi connectivity index (χ4v) is 4.76. The molecule has 3 aliphatic rings. The summed E-state index contributed by atoms with van der Waals surface area (Å²) in [5, 5.41) is 16.3.